The fraction of sp³-hybridized carbons (Fsp3) is 0.750. The van der Waals surface area contributed by atoms with Gasteiger partial charge in [0.25, 0.3) is 0 Å². The third-order valence-electron chi connectivity index (χ3n) is 3.06. The van der Waals surface area contributed by atoms with E-state index in [0.717, 1.165) is 12.8 Å². The highest BCUT2D eigenvalue weighted by molar-refractivity contribution is 8.03. The molecule has 3 unspecified atom stereocenters. The van der Waals surface area contributed by atoms with Gasteiger partial charge >= 0.3 is 5.97 Å². The monoisotopic (exact) mass is 258 g/mol. The van der Waals surface area contributed by atoms with Crippen molar-refractivity contribution >= 4 is 23.7 Å². The van der Waals surface area contributed by atoms with E-state index < -0.39 is 18.0 Å². The number of hydrogen-bond donors (Lipinski definition) is 1. The molecule has 0 aromatic carbocycles. The first kappa shape index (κ1) is 14.3. The van der Waals surface area contributed by atoms with Gasteiger partial charge in [0.1, 0.15) is 11.9 Å². The lowest BCUT2D eigenvalue weighted by molar-refractivity contribution is -0.144. The van der Waals surface area contributed by atoms with Crippen LogP contribution in [0.15, 0.2) is 4.91 Å². The van der Waals surface area contributed by atoms with Crippen LogP contribution in [0.3, 0.4) is 0 Å². The summed E-state index contributed by atoms with van der Waals surface area (Å²) >= 11 is 1.24. The molecule has 3 atom stereocenters. The predicted octanol–water partition coefficient (Wildman–Crippen LogP) is 1.97. The van der Waals surface area contributed by atoms with Gasteiger partial charge in [0, 0.05) is 12.4 Å². The van der Waals surface area contributed by atoms with Gasteiger partial charge in [-0.25, -0.2) is 4.79 Å². The molecule has 1 heterocycles. The summed E-state index contributed by atoms with van der Waals surface area (Å²) in [5, 5.41) is 9.05. The Bertz CT molecular complexity index is 322. The number of carbonyl (C=O) groups is 1. The van der Waals surface area contributed by atoms with Gasteiger partial charge in [-0.05, 0) is 12.3 Å². The van der Waals surface area contributed by atoms with Crippen LogP contribution in [0.5, 0.6) is 0 Å². The van der Waals surface area contributed by atoms with Crippen LogP contribution in [0.2, 0.25) is 0 Å². The van der Waals surface area contributed by atoms with Crippen molar-refractivity contribution in [3.63, 3.8) is 0 Å². The van der Waals surface area contributed by atoms with Crippen LogP contribution in [-0.2, 0) is 14.3 Å². The Morgan fingerprint density at radius 2 is 2.41 bits per heavy atom. The van der Waals surface area contributed by atoms with Gasteiger partial charge < -0.3 is 9.84 Å². The number of carboxylic acid groups (broad SMARTS) is 1. The van der Waals surface area contributed by atoms with Crippen molar-refractivity contribution in [2.24, 2.45) is 11.8 Å². The zero-order valence-corrected chi connectivity index (χ0v) is 11.0. The van der Waals surface area contributed by atoms with Crippen molar-refractivity contribution in [2.75, 3.05) is 12.4 Å². The molecule has 1 rings (SSSR count). The lowest BCUT2D eigenvalue weighted by Crippen LogP contribution is -2.29. The van der Waals surface area contributed by atoms with E-state index in [4.69, 9.17) is 9.84 Å². The summed E-state index contributed by atoms with van der Waals surface area (Å²) in [5.74, 6) is 0.989. The van der Waals surface area contributed by atoms with E-state index in [9.17, 15) is 9.59 Å². The quantitative estimate of drug-likeness (QED) is 0.738. The normalized spacial score (nSPS) is 25.6. The Morgan fingerprint density at radius 3 is 2.94 bits per heavy atom. The van der Waals surface area contributed by atoms with Crippen molar-refractivity contribution in [1.82, 2.24) is 0 Å². The van der Waals surface area contributed by atoms with Crippen molar-refractivity contribution in [3.8, 4) is 0 Å². The molecular weight excluding hydrogens is 240 g/mol. The first-order valence-corrected chi connectivity index (χ1v) is 6.80. The maximum Gasteiger partial charge on any atom is 0.315 e. The Balaban J connectivity index is 2.48. The number of rotatable bonds is 6. The maximum absolute atomic E-state index is 11.0. The van der Waals surface area contributed by atoms with Gasteiger partial charge in [-0.1, -0.05) is 20.3 Å². The lowest BCUT2D eigenvalue weighted by Gasteiger charge is -2.17. The van der Waals surface area contributed by atoms with Crippen LogP contribution < -0.4 is 0 Å². The molecule has 4 nitrogen and oxygen atoms in total. The number of hydrogen-bond acceptors (Lipinski definition) is 4. The average Bonchev–Trinajstić information content (AvgIpc) is 2.71. The summed E-state index contributed by atoms with van der Waals surface area (Å²) in [6, 6.07) is 0. The van der Waals surface area contributed by atoms with Gasteiger partial charge in [0.05, 0.1) is 11.0 Å². The maximum atomic E-state index is 11.0. The van der Waals surface area contributed by atoms with Crippen LogP contribution >= 0.6 is 11.8 Å². The number of ether oxygens (including phenoxy) is 1. The molecule has 1 saturated heterocycles. The molecule has 0 aromatic rings. The van der Waals surface area contributed by atoms with E-state index in [-0.39, 0.29) is 4.91 Å². The molecule has 0 aromatic heterocycles. The summed E-state index contributed by atoms with van der Waals surface area (Å²) in [5.41, 5.74) is 0. The van der Waals surface area contributed by atoms with Gasteiger partial charge in [0.2, 0.25) is 0 Å². The Labute approximate surface area is 105 Å². The summed E-state index contributed by atoms with van der Waals surface area (Å²) in [6.45, 7) is 4.80. The molecular formula is C12H18O4S. The summed E-state index contributed by atoms with van der Waals surface area (Å²) in [7, 11) is 0. The van der Waals surface area contributed by atoms with E-state index in [1.807, 2.05) is 0 Å². The van der Waals surface area contributed by atoms with E-state index >= 15 is 0 Å². The molecule has 1 aliphatic rings. The standard InChI is InChI=1S/C12H18O4S/c1-3-8(2)4-5-16-9-7-17-10(6-13)11(9)12(14)15/h8-9,11H,3-5,7H2,1-2H3,(H,14,15). The number of thioether (sulfide) groups is 1. The minimum atomic E-state index is -0.998. The number of carboxylic acids is 1. The zero-order chi connectivity index (χ0) is 12.8. The highest BCUT2D eigenvalue weighted by atomic mass is 32.2. The second-order valence-corrected chi connectivity index (χ2v) is 5.37. The lowest BCUT2D eigenvalue weighted by atomic mass is 10.0. The Morgan fingerprint density at radius 1 is 1.71 bits per heavy atom. The van der Waals surface area contributed by atoms with Crippen molar-refractivity contribution < 1.29 is 19.4 Å². The highest BCUT2D eigenvalue weighted by Gasteiger charge is 2.39. The predicted molar refractivity (Wildman–Crippen MR) is 66.6 cm³/mol. The van der Waals surface area contributed by atoms with E-state index in [0.29, 0.717) is 18.3 Å². The van der Waals surface area contributed by atoms with Crippen LogP contribution in [0.4, 0.5) is 0 Å². The Hall–Kier alpha value is -0.770. The third kappa shape index (κ3) is 3.87. The fourth-order valence-corrected chi connectivity index (χ4v) is 2.78. The third-order valence-corrected chi connectivity index (χ3v) is 4.21. The number of aliphatic carboxylic acids is 1. The summed E-state index contributed by atoms with van der Waals surface area (Å²) in [4.78, 5) is 21.9. The minimum Gasteiger partial charge on any atom is -0.481 e. The van der Waals surface area contributed by atoms with Crippen LogP contribution in [0, 0.1) is 11.8 Å². The molecule has 96 valence electrons. The average molecular weight is 258 g/mol. The SMILES string of the molecule is CCC(C)CCOC1CSC(=C=O)C1C(=O)O. The smallest absolute Gasteiger partial charge is 0.315 e. The molecule has 0 saturated carbocycles. The summed E-state index contributed by atoms with van der Waals surface area (Å²) < 4.78 is 5.58. The topological polar surface area (TPSA) is 63.6 Å². The minimum absolute atomic E-state index is 0.256. The molecule has 0 radical (unpaired) electrons. The highest BCUT2D eigenvalue weighted by Crippen LogP contribution is 2.36. The summed E-state index contributed by atoms with van der Waals surface area (Å²) in [6.07, 6.45) is 1.62. The van der Waals surface area contributed by atoms with Gasteiger partial charge in [-0.2, -0.15) is 0 Å². The molecule has 5 heteroatoms. The van der Waals surface area contributed by atoms with E-state index in [2.05, 4.69) is 13.8 Å². The van der Waals surface area contributed by atoms with E-state index in [1.165, 1.54) is 11.8 Å². The number of carbonyl (C=O) groups excluding carboxylic acids is 1. The molecule has 17 heavy (non-hydrogen) atoms. The molecule has 0 amide bonds. The van der Waals surface area contributed by atoms with E-state index in [1.54, 1.807) is 5.94 Å². The van der Waals surface area contributed by atoms with Crippen LogP contribution in [0.1, 0.15) is 26.7 Å². The van der Waals surface area contributed by atoms with Crippen molar-refractivity contribution in [2.45, 2.75) is 32.8 Å². The molecule has 1 fully saturated rings. The molecule has 0 aliphatic carbocycles. The van der Waals surface area contributed by atoms with Gasteiger partial charge in [-0.15, -0.1) is 11.8 Å². The molecule has 0 spiro atoms. The fourth-order valence-electron chi connectivity index (χ4n) is 1.66. The molecule has 1 N–H and O–H groups in total. The molecule has 0 bridgehead atoms. The zero-order valence-electron chi connectivity index (χ0n) is 10.1. The van der Waals surface area contributed by atoms with Crippen LogP contribution in [-0.4, -0.2) is 35.5 Å². The first-order chi connectivity index (χ1) is 8.10. The van der Waals surface area contributed by atoms with Crippen molar-refractivity contribution in [3.05, 3.63) is 4.91 Å². The Kier molecular flexibility index (Phi) is 5.75. The largest absolute Gasteiger partial charge is 0.481 e. The second-order valence-electron chi connectivity index (χ2n) is 4.30. The van der Waals surface area contributed by atoms with Crippen LogP contribution in [0.25, 0.3) is 0 Å². The molecule has 1 aliphatic heterocycles. The van der Waals surface area contributed by atoms with Gasteiger partial charge in [-0.3, -0.25) is 4.79 Å². The first-order valence-electron chi connectivity index (χ1n) is 5.82. The van der Waals surface area contributed by atoms with Crippen molar-refractivity contribution in [1.29, 1.82) is 0 Å². The second kappa shape index (κ2) is 6.84. The van der Waals surface area contributed by atoms with Gasteiger partial charge in [0.15, 0.2) is 0 Å².